The van der Waals surface area contributed by atoms with Crippen molar-refractivity contribution in [1.82, 2.24) is 0 Å². The van der Waals surface area contributed by atoms with Gasteiger partial charge in [-0.25, -0.2) is 0 Å². The van der Waals surface area contributed by atoms with Crippen LogP contribution in [0.25, 0.3) is 21.9 Å². The highest BCUT2D eigenvalue weighted by molar-refractivity contribution is 14.1. The molecular weight excluding hydrogens is 287 g/mol. The molecule has 0 aliphatic rings. The van der Waals surface area contributed by atoms with Crippen molar-refractivity contribution in [2.75, 3.05) is 0 Å². The van der Waals surface area contributed by atoms with Crippen LogP contribution in [0.15, 0.2) is 46.7 Å². The molecule has 0 spiro atoms. The Morgan fingerprint density at radius 1 is 1.00 bits per heavy atom. The lowest BCUT2D eigenvalue weighted by Gasteiger charge is -1.91. The van der Waals surface area contributed by atoms with Gasteiger partial charge in [0, 0.05) is 14.3 Å². The van der Waals surface area contributed by atoms with E-state index in [4.69, 9.17) is 14.0 Å². The van der Waals surface area contributed by atoms with Crippen LogP contribution in [0, 0.1) is 3.57 Å². The summed E-state index contributed by atoms with van der Waals surface area (Å²) in [7, 11) is 0. The summed E-state index contributed by atoms with van der Waals surface area (Å²) in [5.74, 6) is 0. The molecule has 0 saturated carbocycles. The Labute approximate surface area is 105 Å². The fourth-order valence-electron chi connectivity index (χ4n) is 1.32. The summed E-state index contributed by atoms with van der Waals surface area (Å²) in [5.41, 5.74) is -0.0326. The highest BCUT2D eigenvalue weighted by atomic mass is 127. The molecule has 0 bridgehead atoms. The van der Waals surface area contributed by atoms with Crippen LogP contribution in [0.1, 0.15) is 9.60 Å². The van der Waals surface area contributed by atoms with Crippen molar-refractivity contribution < 1.29 is 14.0 Å². The van der Waals surface area contributed by atoms with Crippen molar-refractivity contribution in [2.45, 2.75) is 0 Å². The largest absolute Gasteiger partial charge is 0.456 e. The van der Waals surface area contributed by atoms with Crippen LogP contribution in [0.4, 0.5) is 0 Å². The highest BCUT2D eigenvalue weighted by Gasteiger charge is 2.07. The summed E-state index contributed by atoms with van der Waals surface area (Å²) in [4.78, 5) is 0. The lowest BCUT2D eigenvalue weighted by atomic mass is 10.2. The van der Waals surface area contributed by atoms with E-state index in [1.54, 1.807) is 0 Å². The molecule has 2 heteroatoms. The van der Waals surface area contributed by atoms with Crippen LogP contribution >= 0.6 is 22.6 Å². The third-order valence-electron chi connectivity index (χ3n) is 1.90. The number of benzene rings is 2. The molecule has 0 unspecified atom stereocenters. The van der Waals surface area contributed by atoms with Crippen LogP contribution in [0.5, 0.6) is 0 Å². The first-order chi connectivity index (χ1) is 9.77. The van der Waals surface area contributed by atoms with Crippen molar-refractivity contribution in [3.63, 3.8) is 0 Å². The van der Waals surface area contributed by atoms with Crippen molar-refractivity contribution in [1.29, 1.82) is 0 Å². The van der Waals surface area contributed by atoms with Gasteiger partial charge in [0.1, 0.15) is 11.2 Å². The predicted molar refractivity (Wildman–Crippen MR) is 66.4 cm³/mol. The van der Waals surface area contributed by atoms with Gasteiger partial charge in [0.15, 0.2) is 0 Å². The van der Waals surface area contributed by atoms with Crippen LogP contribution in [-0.4, -0.2) is 0 Å². The van der Waals surface area contributed by atoms with E-state index < -0.39 is 6.04 Å². The molecule has 2 aromatic carbocycles. The highest BCUT2D eigenvalue weighted by Crippen LogP contribution is 2.31. The van der Waals surface area contributed by atoms with Gasteiger partial charge in [0.05, 0.1) is 9.60 Å². The van der Waals surface area contributed by atoms with E-state index in [1.165, 1.54) is 0 Å². The number of furan rings is 1. The molecule has 68 valence electrons. The fraction of sp³-hybridized carbons (Fsp3) is 0. The van der Waals surface area contributed by atoms with E-state index in [9.17, 15) is 0 Å². The number of rotatable bonds is 0. The minimum atomic E-state index is -0.412. The van der Waals surface area contributed by atoms with E-state index in [1.807, 2.05) is 22.6 Å². The van der Waals surface area contributed by atoms with Crippen molar-refractivity contribution in [3.8, 4) is 0 Å². The Balaban J connectivity index is 2.73. The molecule has 1 aromatic heterocycles. The van der Waals surface area contributed by atoms with Crippen molar-refractivity contribution in [3.05, 3.63) is 45.9 Å². The molecule has 0 aliphatic carbocycles. The van der Waals surface area contributed by atoms with Crippen molar-refractivity contribution in [2.24, 2.45) is 0 Å². The Morgan fingerprint density at radius 3 is 2.71 bits per heavy atom. The summed E-state index contributed by atoms with van der Waals surface area (Å²) >= 11 is 1.83. The molecule has 1 nitrogen and oxygen atoms in total. The molecule has 1 heterocycles. The number of fused-ring (bicyclic) bond motifs is 3. The molecule has 0 amide bonds. The normalized spacial score (nSPS) is 18.2. The van der Waals surface area contributed by atoms with Crippen molar-refractivity contribution >= 4 is 44.5 Å². The topological polar surface area (TPSA) is 13.1 Å². The van der Waals surface area contributed by atoms with E-state index >= 15 is 0 Å². The van der Waals surface area contributed by atoms with Gasteiger partial charge in [-0.3, -0.25) is 0 Å². The first-order valence-corrected chi connectivity index (χ1v) is 4.93. The maximum Gasteiger partial charge on any atom is 0.136 e. The number of hydrogen-bond donors (Lipinski definition) is 0. The van der Waals surface area contributed by atoms with E-state index in [0.717, 1.165) is 0 Å². The summed E-state index contributed by atoms with van der Waals surface area (Å²) in [6, 6.07) is -2.12. The Bertz CT molecular complexity index is 857. The third kappa shape index (κ3) is 1.07. The molecule has 3 rings (SSSR count). The van der Waals surface area contributed by atoms with Gasteiger partial charge in [-0.1, -0.05) is 24.2 Å². The van der Waals surface area contributed by atoms with E-state index in [-0.39, 0.29) is 52.8 Å². The molecule has 0 aliphatic heterocycles. The lowest BCUT2D eigenvalue weighted by molar-refractivity contribution is 0.669. The zero-order valence-electron chi connectivity index (χ0n) is 13.8. The molecule has 0 fully saturated rings. The zero-order valence-corrected chi connectivity index (χ0v) is 8.94. The smallest absolute Gasteiger partial charge is 0.136 e. The summed E-state index contributed by atoms with van der Waals surface area (Å²) in [6.07, 6.45) is 0. The second-order valence-electron chi connectivity index (χ2n) is 2.70. The summed E-state index contributed by atoms with van der Waals surface area (Å²) < 4.78 is 60.5. The van der Waals surface area contributed by atoms with Crippen LogP contribution in [0.3, 0.4) is 0 Å². The first-order valence-electron chi connectivity index (χ1n) is 7.35. The average molecular weight is 301 g/mol. The summed E-state index contributed by atoms with van der Waals surface area (Å²) in [5, 5.41) is 0.450. The van der Waals surface area contributed by atoms with Gasteiger partial charge in [-0.2, -0.15) is 0 Å². The van der Waals surface area contributed by atoms with Gasteiger partial charge >= 0.3 is 0 Å². The van der Waals surface area contributed by atoms with Gasteiger partial charge < -0.3 is 4.42 Å². The van der Waals surface area contributed by atoms with E-state index in [2.05, 4.69) is 0 Å². The van der Waals surface area contributed by atoms with Gasteiger partial charge in [0.25, 0.3) is 0 Å². The zero-order chi connectivity index (χ0) is 15.6. The molecular formula is C12H7IO. The fourth-order valence-corrected chi connectivity index (χ4v) is 1.97. The minimum absolute atomic E-state index is 0.0161. The number of para-hydroxylation sites is 1. The quantitative estimate of drug-likeness (QED) is 0.567. The second kappa shape index (κ2) is 2.98. The molecule has 0 radical (unpaired) electrons. The maximum atomic E-state index is 7.99. The molecule has 3 aromatic rings. The van der Waals surface area contributed by atoms with E-state index in [0.29, 0.717) is 8.96 Å². The average Bonchev–Trinajstić information content (AvgIpc) is 2.87. The lowest BCUT2D eigenvalue weighted by Crippen LogP contribution is -1.71. The molecule has 14 heavy (non-hydrogen) atoms. The minimum Gasteiger partial charge on any atom is -0.456 e. The first kappa shape index (κ1) is 3.85. The van der Waals surface area contributed by atoms with Crippen LogP contribution in [0.2, 0.25) is 0 Å². The Morgan fingerprint density at radius 2 is 1.79 bits per heavy atom. The predicted octanol–water partition coefficient (Wildman–Crippen LogP) is 4.19. The standard InChI is InChI=1S/C12H7IO/c13-9-5-3-7-11-12(9)8-4-1-2-6-10(8)14-11/h1-7H/i1D,2D,3D,4D,5D,6D,7D. The van der Waals surface area contributed by atoms with Gasteiger partial charge in [0.2, 0.25) is 0 Å². The Hall–Kier alpha value is -1.03. The maximum absolute atomic E-state index is 7.99. The second-order valence-corrected chi connectivity index (χ2v) is 3.78. The third-order valence-corrected chi connectivity index (χ3v) is 2.71. The number of hydrogen-bond acceptors (Lipinski definition) is 1. The molecule has 0 saturated heterocycles. The number of halogens is 1. The Kier molecular flexibility index (Phi) is 0.821. The molecule has 0 atom stereocenters. The van der Waals surface area contributed by atoms with Gasteiger partial charge in [-0.05, 0) is 40.7 Å². The van der Waals surface area contributed by atoms with Gasteiger partial charge in [-0.15, -0.1) is 0 Å². The molecule has 0 N–H and O–H groups in total. The summed E-state index contributed by atoms with van der Waals surface area (Å²) in [6.45, 7) is 0. The van der Waals surface area contributed by atoms with Crippen LogP contribution in [-0.2, 0) is 0 Å². The van der Waals surface area contributed by atoms with Crippen LogP contribution < -0.4 is 0 Å². The monoisotopic (exact) mass is 301 g/mol. The SMILES string of the molecule is [2H]c1c([2H])c([2H])c2c(oc3c([2H])c([2H])c([2H])c(I)c32)c1[2H].